The van der Waals surface area contributed by atoms with Gasteiger partial charge in [0.25, 0.3) is 5.69 Å². The molecule has 1 aromatic heterocycles. The Bertz CT molecular complexity index is 354. The van der Waals surface area contributed by atoms with Crippen LogP contribution in [0.4, 0.5) is 5.69 Å². The van der Waals surface area contributed by atoms with Crippen molar-refractivity contribution >= 4 is 5.69 Å². The van der Waals surface area contributed by atoms with E-state index >= 15 is 0 Å². The molecule has 0 aliphatic rings. The molecule has 1 atom stereocenters. The van der Waals surface area contributed by atoms with E-state index in [1.54, 1.807) is 6.92 Å². The van der Waals surface area contributed by atoms with Gasteiger partial charge in [0.2, 0.25) is 0 Å². The van der Waals surface area contributed by atoms with E-state index in [0.717, 1.165) is 0 Å². The van der Waals surface area contributed by atoms with Crippen molar-refractivity contribution in [2.24, 2.45) is 5.73 Å². The van der Waals surface area contributed by atoms with E-state index in [0.29, 0.717) is 5.56 Å². The summed E-state index contributed by atoms with van der Waals surface area (Å²) in [7, 11) is 0. The molecule has 0 spiro atoms. The molecule has 1 heterocycles. The van der Waals surface area contributed by atoms with Gasteiger partial charge in [0.1, 0.15) is 5.69 Å². The van der Waals surface area contributed by atoms with Crippen LogP contribution in [0.3, 0.4) is 0 Å². The molecule has 3 N–H and O–H groups in total. The van der Waals surface area contributed by atoms with Gasteiger partial charge in [0, 0.05) is 11.8 Å². The summed E-state index contributed by atoms with van der Waals surface area (Å²) in [6, 6.07) is 0.724. The van der Waals surface area contributed by atoms with Crippen molar-refractivity contribution in [3.05, 3.63) is 33.6 Å². The standard InChI is InChI=1S/C8H11N3O3/c1-5-2-3-10-7(6(9)4-12)8(5)11(13)14/h2-3,6,12H,4,9H2,1H3. The van der Waals surface area contributed by atoms with Crippen LogP contribution in [-0.2, 0) is 0 Å². The summed E-state index contributed by atoms with van der Waals surface area (Å²) < 4.78 is 0. The number of hydrogen-bond acceptors (Lipinski definition) is 5. The second-order valence-electron chi connectivity index (χ2n) is 2.91. The lowest BCUT2D eigenvalue weighted by atomic mass is 10.1. The Balaban J connectivity index is 3.28. The van der Waals surface area contributed by atoms with Crippen LogP contribution < -0.4 is 5.73 Å². The number of nitrogens with zero attached hydrogens (tertiary/aromatic N) is 2. The molecule has 0 amide bonds. The first-order valence-electron chi connectivity index (χ1n) is 4.04. The van der Waals surface area contributed by atoms with E-state index in [2.05, 4.69) is 4.98 Å². The first kappa shape index (κ1) is 10.6. The fourth-order valence-corrected chi connectivity index (χ4v) is 1.17. The first-order valence-corrected chi connectivity index (χ1v) is 4.04. The number of nitro groups is 1. The maximum Gasteiger partial charge on any atom is 0.295 e. The highest BCUT2D eigenvalue weighted by atomic mass is 16.6. The summed E-state index contributed by atoms with van der Waals surface area (Å²) in [6.45, 7) is 1.24. The Labute approximate surface area is 80.5 Å². The van der Waals surface area contributed by atoms with E-state index in [9.17, 15) is 10.1 Å². The number of rotatable bonds is 3. The predicted octanol–water partition coefficient (Wildman–Crippen LogP) is 0.290. The van der Waals surface area contributed by atoms with Crippen LogP contribution in [0.5, 0.6) is 0 Å². The highest BCUT2D eigenvalue weighted by molar-refractivity contribution is 5.44. The molecular formula is C8H11N3O3. The van der Waals surface area contributed by atoms with E-state index in [1.807, 2.05) is 0 Å². The molecule has 0 aromatic carbocycles. The highest BCUT2D eigenvalue weighted by Gasteiger charge is 2.22. The summed E-state index contributed by atoms with van der Waals surface area (Å²) in [5.74, 6) is 0. The van der Waals surface area contributed by atoms with Gasteiger partial charge < -0.3 is 10.8 Å². The molecule has 0 aliphatic carbocycles. The Kier molecular flexibility index (Phi) is 3.10. The number of nitrogens with two attached hydrogens (primary N) is 1. The van der Waals surface area contributed by atoms with Gasteiger partial charge in [-0.3, -0.25) is 15.1 Å². The summed E-state index contributed by atoms with van der Waals surface area (Å²) in [6.07, 6.45) is 1.44. The van der Waals surface area contributed by atoms with Crippen LogP contribution in [0.15, 0.2) is 12.3 Å². The summed E-state index contributed by atoms with van der Waals surface area (Å²) in [5, 5.41) is 19.5. The third-order valence-corrected chi connectivity index (χ3v) is 1.88. The van der Waals surface area contributed by atoms with Crippen molar-refractivity contribution in [1.29, 1.82) is 0 Å². The number of hydrogen-bond donors (Lipinski definition) is 2. The van der Waals surface area contributed by atoms with Crippen molar-refractivity contribution < 1.29 is 10.0 Å². The predicted molar refractivity (Wildman–Crippen MR) is 49.6 cm³/mol. The smallest absolute Gasteiger partial charge is 0.295 e. The molecule has 6 nitrogen and oxygen atoms in total. The lowest BCUT2D eigenvalue weighted by Gasteiger charge is -2.08. The molecular weight excluding hydrogens is 186 g/mol. The molecule has 6 heteroatoms. The van der Waals surface area contributed by atoms with Gasteiger partial charge in [0.15, 0.2) is 0 Å². The summed E-state index contributed by atoms with van der Waals surface area (Å²) in [5.41, 5.74) is 5.98. The fraction of sp³-hybridized carbons (Fsp3) is 0.375. The van der Waals surface area contributed by atoms with Crippen LogP contribution in [0.25, 0.3) is 0 Å². The second-order valence-corrected chi connectivity index (χ2v) is 2.91. The third-order valence-electron chi connectivity index (χ3n) is 1.88. The maximum atomic E-state index is 10.7. The molecule has 76 valence electrons. The quantitative estimate of drug-likeness (QED) is 0.535. The van der Waals surface area contributed by atoms with Crippen molar-refractivity contribution in [1.82, 2.24) is 4.98 Å². The summed E-state index contributed by atoms with van der Waals surface area (Å²) in [4.78, 5) is 14.0. The van der Waals surface area contributed by atoms with Gasteiger partial charge in [-0.15, -0.1) is 0 Å². The third kappa shape index (κ3) is 1.86. The lowest BCUT2D eigenvalue weighted by molar-refractivity contribution is -0.386. The van der Waals surface area contributed by atoms with Gasteiger partial charge >= 0.3 is 0 Å². The lowest BCUT2D eigenvalue weighted by Crippen LogP contribution is -2.18. The van der Waals surface area contributed by atoms with E-state index < -0.39 is 11.0 Å². The summed E-state index contributed by atoms with van der Waals surface area (Å²) >= 11 is 0. The van der Waals surface area contributed by atoms with Crippen molar-refractivity contribution in [2.45, 2.75) is 13.0 Å². The van der Waals surface area contributed by atoms with Crippen LogP contribution in [0.1, 0.15) is 17.3 Å². The molecule has 14 heavy (non-hydrogen) atoms. The molecule has 0 radical (unpaired) electrons. The largest absolute Gasteiger partial charge is 0.394 e. The number of pyridine rings is 1. The fourth-order valence-electron chi connectivity index (χ4n) is 1.17. The Morgan fingerprint density at radius 1 is 1.79 bits per heavy atom. The maximum absolute atomic E-state index is 10.7. The molecule has 0 aliphatic heterocycles. The molecule has 1 rings (SSSR count). The van der Waals surface area contributed by atoms with Crippen LogP contribution in [0, 0.1) is 17.0 Å². The first-order chi connectivity index (χ1) is 6.57. The molecule has 0 fully saturated rings. The van der Waals surface area contributed by atoms with E-state index in [4.69, 9.17) is 10.8 Å². The van der Waals surface area contributed by atoms with Gasteiger partial charge in [-0.25, -0.2) is 0 Å². The average Bonchev–Trinajstić information content (AvgIpc) is 2.15. The monoisotopic (exact) mass is 197 g/mol. The van der Waals surface area contributed by atoms with Crippen molar-refractivity contribution in [3.8, 4) is 0 Å². The Morgan fingerprint density at radius 2 is 2.43 bits per heavy atom. The van der Waals surface area contributed by atoms with Gasteiger partial charge in [-0.2, -0.15) is 0 Å². The molecule has 1 unspecified atom stereocenters. The molecule has 1 aromatic rings. The number of aliphatic hydroxyl groups excluding tert-OH is 1. The van der Waals surface area contributed by atoms with Gasteiger partial charge in [-0.1, -0.05) is 0 Å². The van der Waals surface area contributed by atoms with E-state index in [1.165, 1.54) is 12.3 Å². The molecule has 0 bridgehead atoms. The number of aromatic nitrogens is 1. The second kappa shape index (κ2) is 4.12. The minimum Gasteiger partial charge on any atom is -0.394 e. The van der Waals surface area contributed by atoms with Gasteiger partial charge in [0.05, 0.1) is 17.6 Å². The number of aryl methyl sites for hydroxylation is 1. The topological polar surface area (TPSA) is 102 Å². The zero-order valence-electron chi connectivity index (χ0n) is 7.67. The van der Waals surface area contributed by atoms with Crippen molar-refractivity contribution in [2.75, 3.05) is 6.61 Å². The van der Waals surface area contributed by atoms with Crippen molar-refractivity contribution in [3.63, 3.8) is 0 Å². The van der Waals surface area contributed by atoms with E-state index in [-0.39, 0.29) is 18.0 Å². The highest BCUT2D eigenvalue weighted by Crippen LogP contribution is 2.24. The minimum absolute atomic E-state index is 0.117. The minimum atomic E-state index is -0.810. The molecule has 0 saturated carbocycles. The zero-order valence-corrected chi connectivity index (χ0v) is 7.67. The van der Waals surface area contributed by atoms with Crippen LogP contribution in [-0.4, -0.2) is 21.6 Å². The Hall–Kier alpha value is -1.53. The molecule has 0 saturated heterocycles. The normalized spacial score (nSPS) is 12.5. The number of aliphatic hydroxyl groups is 1. The average molecular weight is 197 g/mol. The SMILES string of the molecule is Cc1ccnc(C(N)CO)c1[N+](=O)[O-]. The Morgan fingerprint density at radius 3 is 2.93 bits per heavy atom. The van der Waals surface area contributed by atoms with Gasteiger partial charge in [-0.05, 0) is 13.0 Å². The zero-order chi connectivity index (χ0) is 10.7. The van der Waals surface area contributed by atoms with Crippen LogP contribution >= 0.6 is 0 Å². The van der Waals surface area contributed by atoms with Crippen LogP contribution in [0.2, 0.25) is 0 Å².